The van der Waals surface area contributed by atoms with Crippen molar-refractivity contribution in [2.45, 2.75) is 32.4 Å². The van der Waals surface area contributed by atoms with Crippen molar-refractivity contribution in [1.82, 2.24) is 20.4 Å². The van der Waals surface area contributed by atoms with Crippen LogP contribution < -0.4 is 5.32 Å². The molecule has 1 aromatic heterocycles. The number of rotatable bonds is 6. The summed E-state index contributed by atoms with van der Waals surface area (Å²) in [5.41, 5.74) is 4.50. The molecule has 2 heterocycles. The van der Waals surface area contributed by atoms with Crippen LogP contribution in [0.1, 0.15) is 41.4 Å². The van der Waals surface area contributed by atoms with Crippen molar-refractivity contribution in [3.8, 4) is 12.5 Å². The fourth-order valence-electron chi connectivity index (χ4n) is 4.15. The van der Waals surface area contributed by atoms with Gasteiger partial charge < -0.3 is 5.32 Å². The average Bonchev–Trinajstić information content (AvgIpc) is 3.23. The van der Waals surface area contributed by atoms with Crippen molar-refractivity contribution in [3.63, 3.8) is 0 Å². The van der Waals surface area contributed by atoms with Crippen LogP contribution in [0.2, 0.25) is 0 Å². The van der Waals surface area contributed by atoms with Crippen molar-refractivity contribution in [1.29, 1.82) is 0 Å². The number of aromatic amines is 1. The van der Waals surface area contributed by atoms with Crippen molar-refractivity contribution < 1.29 is 4.79 Å². The first-order valence-corrected chi connectivity index (χ1v) is 10.8. The van der Waals surface area contributed by atoms with E-state index >= 15 is 0 Å². The fourth-order valence-corrected chi connectivity index (χ4v) is 4.15. The maximum Gasteiger partial charge on any atom is 0.251 e. The molecule has 32 heavy (non-hydrogen) atoms. The van der Waals surface area contributed by atoms with Gasteiger partial charge in [-0.1, -0.05) is 36.8 Å². The monoisotopic (exact) mass is 425 g/mol. The fraction of sp³-hybridized carbons (Fsp3) is 0.269. The van der Waals surface area contributed by atoms with Gasteiger partial charge in [0.25, 0.3) is 5.91 Å². The maximum atomic E-state index is 13.0. The van der Waals surface area contributed by atoms with Gasteiger partial charge in [0.2, 0.25) is 0 Å². The number of benzene rings is 2. The molecule has 1 amide bonds. The van der Waals surface area contributed by atoms with Crippen molar-refractivity contribution in [3.05, 3.63) is 71.4 Å². The minimum Gasteiger partial charge on any atom is -0.348 e. The third-order valence-corrected chi connectivity index (χ3v) is 5.76. The van der Waals surface area contributed by atoms with E-state index in [1.807, 2.05) is 37.3 Å². The lowest BCUT2D eigenvalue weighted by Crippen LogP contribution is -2.47. The molecule has 2 N–H and O–H groups in total. The minimum absolute atomic E-state index is 0.0545. The van der Waals surface area contributed by atoms with Crippen molar-refractivity contribution >= 4 is 28.6 Å². The second-order valence-electron chi connectivity index (χ2n) is 8.12. The predicted octanol–water partition coefficient (Wildman–Crippen LogP) is 4.02. The number of likely N-dealkylation sites (tertiary alicyclic amines) is 1. The lowest BCUT2D eigenvalue weighted by molar-refractivity contribution is 0.0901. The zero-order valence-corrected chi connectivity index (χ0v) is 18.2. The Morgan fingerprint density at radius 2 is 2.19 bits per heavy atom. The maximum absolute atomic E-state index is 13.0. The van der Waals surface area contributed by atoms with Gasteiger partial charge in [-0.3, -0.25) is 14.8 Å². The number of nitrogens with zero attached hydrogens (tertiary/aromatic N) is 3. The van der Waals surface area contributed by atoms with Crippen LogP contribution in [0.4, 0.5) is 0 Å². The van der Waals surface area contributed by atoms with E-state index in [4.69, 9.17) is 6.42 Å². The summed E-state index contributed by atoms with van der Waals surface area (Å²) in [5.74, 6) is -0.0545. The van der Waals surface area contributed by atoms with Crippen LogP contribution in [-0.2, 0) is 6.54 Å². The molecule has 6 heteroatoms. The summed E-state index contributed by atoms with van der Waals surface area (Å²) in [7, 11) is 0. The number of carbonyl (C=O) groups is 1. The van der Waals surface area contributed by atoms with Crippen LogP contribution in [0, 0.1) is 12.5 Å². The standard InChI is InChI=1S/C26H27N5O/c1-3-27-14-13-19(2)25-23-16-21(11-12-24(23)29-30-25)26(32)28-22-10-7-15-31(18-22)17-20-8-5-4-6-9-20/h1,4-6,8-9,11-14,16,22H,7,10,15,17-18H2,2H3,(H,28,32)(H,29,30)/b19-13+,27-14?. The highest BCUT2D eigenvalue weighted by atomic mass is 16.1. The molecule has 6 nitrogen and oxygen atoms in total. The molecular weight excluding hydrogens is 398 g/mol. The molecule has 2 aromatic carbocycles. The van der Waals surface area contributed by atoms with Gasteiger partial charge in [0.1, 0.15) is 0 Å². The van der Waals surface area contributed by atoms with Crippen LogP contribution in [0.15, 0.2) is 59.6 Å². The number of nitrogens with one attached hydrogen (secondary N) is 2. The Balaban J connectivity index is 1.45. The molecule has 3 aromatic rings. The van der Waals surface area contributed by atoms with Crippen molar-refractivity contribution in [2.24, 2.45) is 4.99 Å². The Labute approximate surface area is 188 Å². The first-order chi connectivity index (χ1) is 15.6. The van der Waals surface area contributed by atoms with Gasteiger partial charge in [-0.15, -0.1) is 0 Å². The van der Waals surface area contributed by atoms with E-state index < -0.39 is 0 Å². The van der Waals surface area contributed by atoms with Crippen LogP contribution in [0.5, 0.6) is 0 Å². The molecular formula is C26H27N5O. The summed E-state index contributed by atoms with van der Waals surface area (Å²) in [6, 6.07) is 18.5. The summed E-state index contributed by atoms with van der Waals surface area (Å²) in [6.07, 6.45) is 10.6. The largest absolute Gasteiger partial charge is 0.348 e. The molecule has 4 rings (SSSR count). The Morgan fingerprint density at radius 1 is 1.34 bits per heavy atom. The molecule has 0 saturated carbocycles. The summed E-state index contributed by atoms with van der Waals surface area (Å²) in [5, 5.41) is 11.5. The zero-order valence-electron chi connectivity index (χ0n) is 18.2. The SMILES string of the molecule is C#CN=C/C=C(\C)c1n[nH]c2ccc(C(=O)NC3CCCN(Cc4ccccc4)C3)cc12. The second-order valence-corrected chi connectivity index (χ2v) is 8.12. The van der Waals surface area contributed by atoms with Gasteiger partial charge >= 0.3 is 0 Å². The molecule has 0 aliphatic carbocycles. The molecule has 162 valence electrons. The number of hydrogen-bond acceptors (Lipinski definition) is 4. The van der Waals surface area contributed by atoms with Gasteiger partial charge in [-0.2, -0.15) is 5.10 Å². The number of terminal acetylenes is 1. The second kappa shape index (κ2) is 10.1. The Kier molecular flexibility index (Phi) is 6.78. The van der Waals surface area contributed by atoms with E-state index in [0.29, 0.717) is 5.56 Å². The van der Waals surface area contributed by atoms with Crippen LogP contribution in [-0.4, -0.2) is 46.4 Å². The number of fused-ring (bicyclic) bond motifs is 1. The topological polar surface area (TPSA) is 73.4 Å². The minimum atomic E-state index is -0.0545. The molecule has 1 saturated heterocycles. The summed E-state index contributed by atoms with van der Waals surface area (Å²) in [6.45, 7) is 4.76. The lowest BCUT2D eigenvalue weighted by Gasteiger charge is -2.33. The number of carbonyl (C=O) groups excluding carboxylic acids is 1. The Morgan fingerprint density at radius 3 is 3.00 bits per heavy atom. The van der Waals surface area contributed by atoms with Gasteiger partial charge in [0.15, 0.2) is 0 Å². The zero-order chi connectivity index (χ0) is 22.3. The summed E-state index contributed by atoms with van der Waals surface area (Å²) in [4.78, 5) is 19.2. The number of allylic oxidation sites excluding steroid dienone is 2. The van der Waals surface area contributed by atoms with Gasteiger partial charge in [-0.05, 0) is 61.7 Å². The Bertz CT molecular complexity index is 1190. The number of H-pyrrole nitrogens is 1. The van der Waals surface area contributed by atoms with Crippen LogP contribution in [0.3, 0.4) is 0 Å². The van der Waals surface area contributed by atoms with Crippen molar-refractivity contribution in [2.75, 3.05) is 13.1 Å². The number of hydrogen-bond donors (Lipinski definition) is 2. The molecule has 0 spiro atoms. The third-order valence-electron chi connectivity index (χ3n) is 5.76. The summed E-state index contributed by atoms with van der Waals surface area (Å²) >= 11 is 0. The molecule has 1 aliphatic heterocycles. The van der Waals surface area contributed by atoms with E-state index in [2.05, 4.69) is 55.7 Å². The Hall–Kier alpha value is -3.69. The normalized spacial score (nSPS) is 17.5. The number of aliphatic imine (C=N–C) groups is 1. The molecule has 1 atom stereocenters. The van der Waals surface area contributed by atoms with Crippen LogP contribution >= 0.6 is 0 Å². The van der Waals surface area contributed by atoms with Gasteiger partial charge in [0, 0.05) is 42.3 Å². The number of aromatic nitrogens is 2. The molecule has 1 unspecified atom stereocenters. The first kappa shape index (κ1) is 21.5. The molecule has 1 fully saturated rings. The third kappa shape index (κ3) is 5.13. The predicted molar refractivity (Wildman–Crippen MR) is 129 cm³/mol. The highest BCUT2D eigenvalue weighted by Crippen LogP contribution is 2.24. The van der Waals surface area contributed by atoms with Crippen LogP contribution in [0.25, 0.3) is 16.5 Å². The highest BCUT2D eigenvalue weighted by molar-refractivity contribution is 6.01. The number of piperidine rings is 1. The smallest absolute Gasteiger partial charge is 0.251 e. The van der Waals surface area contributed by atoms with E-state index in [9.17, 15) is 4.79 Å². The van der Waals surface area contributed by atoms with E-state index in [-0.39, 0.29) is 11.9 Å². The van der Waals surface area contributed by atoms with E-state index in [1.54, 1.807) is 6.21 Å². The summed E-state index contributed by atoms with van der Waals surface area (Å²) < 4.78 is 0. The quantitative estimate of drug-likeness (QED) is 0.463. The first-order valence-electron chi connectivity index (χ1n) is 10.8. The number of amides is 1. The lowest BCUT2D eigenvalue weighted by atomic mass is 10.0. The molecule has 0 bridgehead atoms. The van der Waals surface area contributed by atoms with Gasteiger partial charge in [-0.25, -0.2) is 4.99 Å². The molecule has 1 aliphatic rings. The average molecular weight is 426 g/mol. The molecule has 0 radical (unpaired) electrons. The highest BCUT2D eigenvalue weighted by Gasteiger charge is 2.22. The van der Waals surface area contributed by atoms with Gasteiger partial charge in [0.05, 0.1) is 11.2 Å². The van der Waals surface area contributed by atoms with E-state index in [0.717, 1.165) is 54.6 Å². The van der Waals surface area contributed by atoms with E-state index in [1.165, 1.54) is 5.56 Å².